The predicted octanol–water partition coefficient (Wildman–Crippen LogP) is 0.288. The fourth-order valence-electron chi connectivity index (χ4n) is 3.85. The Morgan fingerprint density at radius 2 is 1.90 bits per heavy atom. The van der Waals surface area contributed by atoms with Gasteiger partial charge in [0.15, 0.2) is 11.6 Å². The molecule has 2 aliphatic rings. The number of hydrogen-bond donors (Lipinski definition) is 4. The zero-order valence-corrected chi connectivity index (χ0v) is 15.2. The Hall–Kier alpha value is -3.21. The zero-order valence-electron chi connectivity index (χ0n) is 15.2. The van der Waals surface area contributed by atoms with Crippen LogP contribution in [-0.4, -0.2) is 40.2 Å². The highest BCUT2D eigenvalue weighted by Gasteiger charge is 2.42. The second kappa shape index (κ2) is 6.14. The summed E-state index contributed by atoms with van der Waals surface area (Å²) >= 11 is 0. The van der Waals surface area contributed by atoms with Crippen LogP contribution in [0.2, 0.25) is 0 Å². The molecule has 2 heterocycles. The van der Waals surface area contributed by atoms with Crippen molar-refractivity contribution in [3.8, 4) is 0 Å². The average molecular weight is 407 g/mol. The topological polar surface area (TPSA) is 158 Å². The van der Waals surface area contributed by atoms with E-state index in [-0.39, 0.29) is 31.1 Å². The van der Waals surface area contributed by atoms with Crippen LogP contribution in [0.3, 0.4) is 0 Å². The van der Waals surface area contributed by atoms with Gasteiger partial charge < -0.3 is 31.8 Å². The summed E-state index contributed by atoms with van der Waals surface area (Å²) in [4.78, 5) is 36.9. The number of carbonyl (C=O) groups excluding carboxylic acids is 1. The number of carbonyl (C=O) groups is 2. The highest BCUT2D eigenvalue weighted by molar-refractivity contribution is 6.00. The fourth-order valence-corrected chi connectivity index (χ4v) is 3.85. The Bertz CT molecular complexity index is 1140. The van der Waals surface area contributed by atoms with Crippen LogP contribution in [-0.2, 0) is 4.79 Å². The van der Waals surface area contributed by atoms with Crippen molar-refractivity contribution in [1.82, 2.24) is 4.57 Å². The summed E-state index contributed by atoms with van der Waals surface area (Å²) in [7, 11) is 0. The molecule has 1 aliphatic carbocycles. The third kappa shape index (κ3) is 2.72. The van der Waals surface area contributed by atoms with Crippen LogP contribution >= 0.6 is 0 Å². The monoisotopic (exact) mass is 407 g/mol. The van der Waals surface area contributed by atoms with E-state index >= 15 is 8.78 Å². The van der Waals surface area contributed by atoms with E-state index in [0.717, 1.165) is 6.20 Å². The molecule has 1 atom stereocenters. The summed E-state index contributed by atoms with van der Waals surface area (Å²) in [5.41, 5.74) is 12.5. The fraction of sp³-hybridized carbons (Fsp3) is 0.389. The molecule has 1 aromatic heterocycles. The molecule has 0 bridgehead atoms. The quantitative estimate of drug-likeness (QED) is 0.530. The minimum absolute atomic E-state index is 0.0547. The lowest BCUT2D eigenvalue weighted by atomic mass is 10.00. The van der Waals surface area contributed by atoms with Gasteiger partial charge in [-0.1, -0.05) is 0 Å². The number of amides is 1. The van der Waals surface area contributed by atoms with E-state index in [0.29, 0.717) is 12.8 Å². The molecule has 2 fully saturated rings. The van der Waals surface area contributed by atoms with Crippen molar-refractivity contribution in [2.75, 3.05) is 23.7 Å². The second-order valence-electron chi connectivity index (χ2n) is 7.62. The van der Waals surface area contributed by atoms with Crippen molar-refractivity contribution < 1.29 is 23.5 Å². The van der Waals surface area contributed by atoms with Gasteiger partial charge in [-0.2, -0.15) is 0 Å². The number of primary amides is 1. The second-order valence-corrected chi connectivity index (χ2v) is 7.62. The van der Waals surface area contributed by atoms with E-state index in [1.807, 2.05) is 0 Å². The van der Waals surface area contributed by atoms with Crippen LogP contribution in [0, 0.1) is 11.6 Å². The molecule has 29 heavy (non-hydrogen) atoms. The largest absolute Gasteiger partial charge is 0.477 e. The maximum absolute atomic E-state index is 15.6. The summed E-state index contributed by atoms with van der Waals surface area (Å²) in [5, 5.41) is 8.80. The summed E-state index contributed by atoms with van der Waals surface area (Å²) in [6.45, 7) is -0.166. The van der Waals surface area contributed by atoms with E-state index in [1.165, 1.54) is 9.47 Å². The van der Waals surface area contributed by atoms with E-state index in [2.05, 4.69) is 0 Å². The standard InChI is InChI=1S/C18H19F2N5O4/c19-10-12(21)9-13(25(7-1-2-7)5-8(15(9)26)16(27)28)11(20)14(10)24-4-3-18(23,6-24)17(22)29/h5,7H,1-4,6,21,23H2,(H2,22,29)(H,27,28). The van der Waals surface area contributed by atoms with Crippen molar-refractivity contribution >= 4 is 34.2 Å². The maximum Gasteiger partial charge on any atom is 0.341 e. The molecular weight excluding hydrogens is 388 g/mol. The first kappa shape index (κ1) is 19.1. The van der Waals surface area contributed by atoms with E-state index in [1.54, 1.807) is 0 Å². The van der Waals surface area contributed by atoms with Crippen LogP contribution in [0.15, 0.2) is 11.0 Å². The number of halogens is 2. The normalized spacial score (nSPS) is 21.7. The molecule has 154 valence electrons. The lowest BCUT2D eigenvalue weighted by Gasteiger charge is -2.25. The lowest BCUT2D eigenvalue weighted by Crippen LogP contribution is -2.54. The Labute approximate surface area is 162 Å². The molecule has 1 saturated carbocycles. The van der Waals surface area contributed by atoms with Crippen molar-refractivity contribution in [2.24, 2.45) is 11.5 Å². The summed E-state index contributed by atoms with van der Waals surface area (Å²) < 4.78 is 32.0. The molecule has 1 amide bonds. The number of nitrogens with two attached hydrogens (primary N) is 3. The SMILES string of the molecule is NC(=O)C1(N)CCN(c2c(F)c(N)c3c(=O)c(C(=O)O)cn(C4CC4)c3c2F)C1. The van der Waals surface area contributed by atoms with E-state index in [4.69, 9.17) is 17.2 Å². The number of carboxylic acid groups (broad SMARTS) is 1. The van der Waals surface area contributed by atoms with Gasteiger partial charge in [0, 0.05) is 25.3 Å². The van der Waals surface area contributed by atoms with Gasteiger partial charge in [-0.25, -0.2) is 13.6 Å². The van der Waals surface area contributed by atoms with E-state index in [9.17, 15) is 19.5 Å². The smallest absolute Gasteiger partial charge is 0.341 e. The van der Waals surface area contributed by atoms with Crippen molar-refractivity contribution in [3.63, 3.8) is 0 Å². The number of fused-ring (bicyclic) bond motifs is 1. The molecule has 4 rings (SSSR count). The molecule has 11 heteroatoms. The van der Waals surface area contributed by atoms with Gasteiger partial charge in [0.1, 0.15) is 16.8 Å². The lowest BCUT2D eigenvalue weighted by molar-refractivity contribution is -0.122. The number of anilines is 2. The molecule has 1 aromatic carbocycles. The van der Waals surface area contributed by atoms with Gasteiger partial charge in [0.2, 0.25) is 11.3 Å². The molecule has 2 aromatic rings. The number of carboxylic acids is 1. The predicted molar refractivity (Wildman–Crippen MR) is 101 cm³/mol. The Kier molecular flexibility index (Phi) is 4.05. The van der Waals surface area contributed by atoms with Crippen LogP contribution in [0.4, 0.5) is 20.2 Å². The number of nitrogens with zero attached hydrogens (tertiary/aromatic N) is 2. The number of benzene rings is 1. The number of pyridine rings is 1. The third-order valence-electron chi connectivity index (χ3n) is 5.64. The van der Waals surface area contributed by atoms with Crippen LogP contribution in [0.5, 0.6) is 0 Å². The van der Waals surface area contributed by atoms with Gasteiger partial charge in [0.25, 0.3) is 0 Å². The first-order valence-corrected chi connectivity index (χ1v) is 8.99. The molecule has 1 unspecified atom stereocenters. The Morgan fingerprint density at radius 3 is 2.41 bits per heavy atom. The van der Waals surface area contributed by atoms with Gasteiger partial charge in [-0.05, 0) is 19.3 Å². The third-order valence-corrected chi connectivity index (χ3v) is 5.64. The van der Waals surface area contributed by atoms with Crippen LogP contribution < -0.4 is 27.5 Å². The first-order valence-electron chi connectivity index (χ1n) is 8.99. The van der Waals surface area contributed by atoms with Crippen molar-refractivity contribution in [2.45, 2.75) is 30.8 Å². The van der Waals surface area contributed by atoms with E-state index < -0.39 is 56.8 Å². The maximum atomic E-state index is 15.6. The number of aromatic carboxylic acids is 1. The minimum Gasteiger partial charge on any atom is -0.477 e. The average Bonchev–Trinajstić information content (AvgIpc) is 3.41. The zero-order chi connectivity index (χ0) is 21.2. The number of nitrogen functional groups attached to an aromatic ring is 1. The number of hydrogen-bond acceptors (Lipinski definition) is 6. The van der Waals surface area contributed by atoms with Gasteiger partial charge in [-0.3, -0.25) is 9.59 Å². The van der Waals surface area contributed by atoms with Gasteiger partial charge in [0.05, 0.1) is 16.6 Å². The Balaban J connectivity index is 2.01. The molecule has 7 N–H and O–H groups in total. The van der Waals surface area contributed by atoms with Crippen molar-refractivity contribution in [3.05, 3.63) is 33.6 Å². The summed E-state index contributed by atoms with van der Waals surface area (Å²) in [6.07, 6.45) is 2.46. The highest BCUT2D eigenvalue weighted by atomic mass is 19.1. The first-order chi connectivity index (χ1) is 13.6. The van der Waals surface area contributed by atoms with Crippen LogP contribution in [0.1, 0.15) is 35.7 Å². The molecule has 0 radical (unpaired) electrons. The summed E-state index contributed by atoms with van der Waals surface area (Å²) in [6, 6.07) is -0.221. The highest BCUT2D eigenvalue weighted by Crippen LogP contribution is 2.42. The molecule has 0 spiro atoms. The van der Waals surface area contributed by atoms with Crippen LogP contribution in [0.25, 0.3) is 10.9 Å². The van der Waals surface area contributed by atoms with Crippen molar-refractivity contribution in [1.29, 1.82) is 0 Å². The molecule has 9 nitrogen and oxygen atoms in total. The van der Waals surface area contributed by atoms with Gasteiger partial charge in [-0.15, -0.1) is 0 Å². The summed E-state index contributed by atoms with van der Waals surface area (Å²) in [5.74, 6) is -4.56. The molecule has 1 aliphatic heterocycles. The van der Waals surface area contributed by atoms with Gasteiger partial charge >= 0.3 is 5.97 Å². The molecular formula is C18H19F2N5O4. The minimum atomic E-state index is -1.51. The number of rotatable bonds is 4. The molecule has 1 saturated heterocycles. The Morgan fingerprint density at radius 1 is 1.24 bits per heavy atom. The number of aromatic nitrogens is 1.